The summed E-state index contributed by atoms with van der Waals surface area (Å²) in [6, 6.07) is 10.0. The lowest BCUT2D eigenvalue weighted by atomic mass is 10.1. The number of benzene rings is 1. The lowest BCUT2D eigenvalue weighted by molar-refractivity contribution is 0.922. The summed E-state index contributed by atoms with van der Waals surface area (Å²) in [4.78, 5) is 4.35. The molecular formula is C13H13ClN2. The number of nitrogens with one attached hydrogen (secondary N) is 1. The number of hydrogen-bond donors (Lipinski definition) is 1. The Bertz CT molecular complexity index is 520. The summed E-state index contributed by atoms with van der Waals surface area (Å²) < 4.78 is 0. The van der Waals surface area contributed by atoms with Crippen LogP contribution in [-0.2, 0) is 0 Å². The van der Waals surface area contributed by atoms with Gasteiger partial charge >= 0.3 is 0 Å². The van der Waals surface area contributed by atoms with Gasteiger partial charge in [0.2, 0.25) is 0 Å². The minimum absolute atomic E-state index is 0.547. The van der Waals surface area contributed by atoms with Crippen LogP contribution in [-0.4, -0.2) is 18.6 Å². The molecule has 0 saturated heterocycles. The first-order chi connectivity index (χ1) is 7.81. The summed E-state index contributed by atoms with van der Waals surface area (Å²) in [6.45, 7) is 0.823. The Morgan fingerprint density at radius 3 is 3.00 bits per heavy atom. The molecule has 0 aliphatic carbocycles. The summed E-state index contributed by atoms with van der Waals surface area (Å²) in [6.07, 6.45) is 4.01. The van der Waals surface area contributed by atoms with E-state index in [4.69, 9.17) is 11.6 Å². The number of nitrogens with zero attached hydrogens (tertiary/aromatic N) is 1. The van der Waals surface area contributed by atoms with Gasteiger partial charge in [-0.25, -0.2) is 4.98 Å². The molecule has 1 aromatic heterocycles. The Hall–Kier alpha value is -1.38. The quantitative estimate of drug-likeness (QED) is 0.823. The molecule has 0 radical (unpaired) electrons. The highest BCUT2D eigenvalue weighted by Gasteiger charge is 2.01. The Kier molecular flexibility index (Phi) is 3.54. The van der Waals surface area contributed by atoms with Crippen molar-refractivity contribution in [3.8, 4) is 0 Å². The van der Waals surface area contributed by atoms with Crippen molar-refractivity contribution in [2.24, 2.45) is 0 Å². The highest BCUT2D eigenvalue weighted by Crippen LogP contribution is 2.21. The second-order valence-corrected chi connectivity index (χ2v) is 3.88. The first-order valence-corrected chi connectivity index (χ1v) is 5.55. The maximum atomic E-state index is 6.10. The molecule has 2 rings (SSSR count). The van der Waals surface area contributed by atoms with Gasteiger partial charge in [-0.2, -0.15) is 0 Å². The summed E-state index contributed by atoms with van der Waals surface area (Å²) >= 11 is 6.10. The van der Waals surface area contributed by atoms with E-state index in [0.29, 0.717) is 5.15 Å². The van der Waals surface area contributed by atoms with Crippen LogP contribution in [0, 0.1) is 0 Å². The van der Waals surface area contributed by atoms with E-state index in [1.807, 2.05) is 43.5 Å². The van der Waals surface area contributed by atoms with Crippen LogP contribution in [0.3, 0.4) is 0 Å². The smallest absolute Gasteiger partial charge is 0.136 e. The van der Waals surface area contributed by atoms with E-state index < -0.39 is 0 Å². The normalized spacial score (nSPS) is 11.4. The maximum absolute atomic E-state index is 6.10. The Labute approximate surface area is 100.0 Å². The van der Waals surface area contributed by atoms with E-state index in [9.17, 15) is 0 Å². The van der Waals surface area contributed by atoms with Gasteiger partial charge in [0, 0.05) is 17.5 Å². The molecule has 1 heterocycles. The third kappa shape index (κ3) is 2.40. The van der Waals surface area contributed by atoms with Crippen LogP contribution in [0.5, 0.6) is 0 Å². The van der Waals surface area contributed by atoms with Crippen LogP contribution in [0.2, 0.25) is 5.15 Å². The molecule has 0 fully saturated rings. The van der Waals surface area contributed by atoms with Gasteiger partial charge in [-0.15, -0.1) is 0 Å². The largest absolute Gasteiger partial charge is 0.316 e. The zero-order valence-corrected chi connectivity index (χ0v) is 9.83. The third-order valence-corrected chi connectivity index (χ3v) is 2.63. The van der Waals surface area contributed by atoms with Crippen molar-refractivity contribution >= 4 is 28.6 Å². The van der Waals surface area contributed by atoms with E-state index in [1.165, 1.54) is 0 Å². The number of likely N-dealkylation sites (N-methyl/N-ethyl adjacent to an activating group) is 1. The third-order valence-electron chi connectivity index (χ3n) is 2.32. The molecule has 2 nitrogen and oxygen atoms in total. The zero-order chi connectivity index (χ0) is 11.4. The number of hydrogen-bond acceptors (Lipinski definition) is 2. The summed E-state index contributed by atoms with van der Waals surface area (Å²) in [5, 5.41) is 4.70. The fourth-order valence-electron chi connectivity index (χ4n) is 1.53. The summed E-state index contributed by atoms with van der Waals surface area (Å²) in [7, 11) is 1.91. The van der Waals surface area contributed by atoms with Crippen molar-refractivity contribution in [1.82, 2.24) is 10.3 Å². The standard InChI is InChI=1S/C13H13ClN2/c1-15-8-4-6-11-9-10-5-2-3-7-12(10)16-13(11)14/h2-7,9,15H,8H2,1H3. The van der Waals surface area contributed by atoms with E-state index in [0.717, 1.165) is 23.0 Å². The number of aromatic nitrogens is 1. The molecule has 0 atom stereocenters. The minimum atomic E-state index is 0.547. The zero-order valence-electron chi connectivity index (χ0n) is 9.07. The van der Waals surface area contributed by atoms with Crippen molar-refractivity contribution in [2.45, 2.75) is 0 Å². The maximum Gasteiger partial charge on any atom is 0.136 e. The van der Waals surface area contributed by atoms with Gasteiger partial charge in [0.1, 0.15) is 5.15 Å². The van der Waals surface area contributed by atoms with Crippen LogP contribution in [0.15, 0.2) is 36.4 Å². The van der Waals surface area contributed by atoms with Crippen molar-refractivity contribution in [3.63, 3.8) is 0 Å². The molecule has 0 aliphatic heterocycles. The number of para-hydroxylation sites is 1. The first kappa shape index (κ1) is 11.1. The lowest BCUT2D eigenvalue weighted by Crippen LogP contribution is -2.03. The highest BCUT2D eigenvalue weighted by atomic mass is 35.5. The number of halogens is 1. The number of fused-ring (bicyclic) bond motifs is 1. The second kappa shape index (κ2) is 5.10. The molecule has 0 aliphatic rings. The predicted octanol–water partition coefficient (Wildman–Crippen LogP) is 3.12. The monoisotopic (exact) mass is 232 g/mol. The number of rotatable bonds is 3. The van der Waals surface area contributed by atoms with Crippen LogP contribution in [0.4, 0.5) is 0 Å². The van der Waals surface area contributed by atoms with Crippen LogP contribution in [0.1, 0.15) is 5.56 Å². The Morgan fingerprint density at radius 2 is 2.19 bits per heavy atom. The topological polar surface area (TPSA) is 24.9 Å². The Morgan fingerprint density at radius 1 is 1.38 bits per heavy atom. The molecule has 82 valence electrons. The Balaban J connectivity index is 2.42. The van der Waals surface area contributed by atoms with Gasteiger partial charge in [0.25, 0.3) is 0 Å². The van der Waals surface area contributed by atoms with Crippen molar-refractivity contribution in [2.75, 3.05) is 13.6 Å². The summed E-state index contributed by atoms with van der Waals surface area (Å²) in [5.74, 6) is 0. The van der Waals surface area contributed by atoms with Gasteiger partial charge in [0.15, 0.2) is 0 Å². The average molecular weight is 233 g/mol. The molecule has 1 aromatic carbocycles. The van der Waals surface area contributed by atoms with Crippen LogP contribution < -0.4 is 5.32 Å². The molecule has 16 heavy (non-hydrogen) atoms. The molecular weight excluding hydrogens is 220 g/mol. The van der Waals surface area contributed by atoms with Crippen molar-refractivity contribution in [1.29, 1.82) is 0 Å². The average Bonchev–Trinajstić information content (AvgIpc) is 2.30. The molecule has 3 heteroatoms. The van der Waals surface area contributed by atoms with Crippen LogP contribution >= 0.6 is 11.6 Å². The SMILES string of the molecule is CNCC=Cc1cc2ccccc2nc1Cl. The molecule has 0 bridgehead atoms. The van der Waals surface area contributed by atoms with Crippen LogP contribution in [0.25, 0.3) is 17.0 Å². The lowest BCUT2D eigenvalue weighted by Gasteiger charge is -2.01. The molecule has 0 amide bonds. The van der Waals surface area contributed by atoms with Gasteiger partial charge in [0.05, 0.1) is 5.52 Å². The second-order valence-electron chi connectivity index (χ2n) is 3.52. The predicted molar refractivity (Wildman–Crippen MR) is 69.7 cm³/mol. The fraction of sp³-hybridized carbons (Fsp3) is 0.154. The minimum Gasteiger partial charge on any atom is -0.316 e. The van der Waals surface area contributed by atoms with Gasteiger partial charge < -0.3 is 5.32 Å². The molecule has 0 saturated carbocycles. The number of pyridine rings is 1. The molecule has 0 unspecified atom stereocenters. The van der Waals surface area contributed by atoms with Gasteiger partial charge in [-0.05, 0) is 19.2 Å². The van der Waals surface area contributed by atoms with Crippen molar-refractivity contribution in [3.05, 3.63) is 47.1 Å². The van der Waals surface area contributed by atoms with Gasteiger partial charge in [-0.1, -0.05) is 42.0 Å². The molecule has 1 N–H and O–H groups in total. The van der Waals surface area contributed by atoms with Crippen molar-refractivity contribution < 1.29 is 0 Å². The highest BCUT2D eigenvalue weighted by molar-refractivity contribution is 6.31. The van der Waals surface area contributed by atoms with E-state index >= 15 is 0 Å². The molecule has 2 aromatic rings. The van der Waals surface area contributed by atoms with E-state index in [1.54, 1.807) is 0 Å². The molecule has 0 spiro atoms. The first-order valence-electron chi connectivity index (χ1n) is 5.17. The fourth-order valence-corrected chi connectivity index (χ4v) is 1.74. The van der Waals surface area contributed by atoms with Gasteiger partial charge in [-0.3, -0.25) is 0 Å². The van der Waals surface area contributed by atoms with E-state index in [-0.39, 0.29) is 0 Å². The van der Waals surface area contributed by atoms with E-state index in [2.05, 4.69) is 16.4 Å². The summed E-state index contributed by atoms with van der Waals surface area (Å²) in [5.41, 5.74) is 1.88.